The lowest BCUT2D eigenvalue weighted by atomic mass is 10.1. The van der Waals surface area contributed by atoms with Crippen molar-refractivity contribution in [2.75, 3.05) is 6.61 Å². The molecule has 0 aliphatic carbocycles. The molecule has 2 atom stereocenters. The second kappa shape index (κ2) is 5.78. The number of hydrazine groups is 1. The minimum atomic E-state index is -0.128. The predicted molar refractivity (Wildman–Crippen MR) is 78.0 cm³/mol. The van der Waals surface area contributed by atoms with E-state index in [4.69, 9.17) is 15.3 Å². The third kappa shape index (κ3) is 2.77. The van der Waals surface area contributed by atoms with E-state index in [1.165, 1.54) is 0 Å². The van der Waals surface area contributed by atoms with Gasteiger partial charge in [0.25, 0.3) is 0 Å². The molecule has 0 spiro atoms. The highest BCUT2D eigenvalue weighted by molar-refractivity contribution is 7.09. The summed E-state index contributed by atoms with van der Waals surface area (Å²) in [7, 11) is 0. The standard InChI is InChI=1S/C14H17N3O2S/c1-9-16-10(8-20-9)6-11(17-15)14-7-18-12-4-2-3-5-13(12)19-14/h2-5,8,11,14,17H,6-7,15H2,1H3. The van der Waals surface area contributed by atoms with Crippen molar-refractivity contribution in [3.8, 4) is 11.5 Å². The molecule has 0 saturated carbocycles. The normalized spacial score (nSPS) is 18.8. The quantitative estimate of drug-likeness (QED) is 0.662. The van der Waals surface area contributed by atoms with E-state index in [1.807, 2.05) is 31.2 Å². The van der Waals surface area contributed by atoms with E-state index in [0.29, 0.717) is 6.61 Å². The summed E-state index contributed by atoms with van der Waals surface area (Å²) in [6.07, 6.45) is 0.591. The number of hydrogen-bond acceptors (Lipinski definition) is 6. The maximum absolute atomic E-state index is 5.97. The molecule has 1 aromatic heterocycles. The Hall–Kier alpha value is -1.63. The van der Waals surface area contributed by atoms with Crippen molar-refractivity contribution in [3.63, 3.8) is 0 Å². The Kier molecular flexibility index (Phi) is 3.86. The number of nitrogens with zero attached hydrogens (tertiary/aromatic N) is 1. The minimum absolute atomic E-state index is 0.0372. The molecule has 3 N–H and O–H groups in total. The Balaban J connectivity index is 1.71. The number of thiazole rings is 1. The van der Waals surface area contributed by atoms with Crippen LogP contribution in [0.15, 0.2) is 29.6 Å². The number of benzene rings is 1. The molecule has 1 aliphatic heterocycles. The van der Waals surface area contributed by atoms with Gasteiger partial charge < -0.3 is 9.47 Å². The molecule has 5 nitrogen and oxygen atoms in total. The zero-order chi connectivity index (χ0) is 13.9. The monoisotopic (exact) mass is 291 g/mol. The molecule has 0 radical (unpaired) electrons. The largest absolute Gasteiger partial charge is 0.486 e. The van der Waals surface area contributed by atoms with Gasteiger partial charge in [0.15, 0.2) is 11.5 Å². The van der Waals surface area contributed by atoms with Crippen molar-refractivity contribution in [2.45, 2.75) is 25.5 Å². The summed E-state index contributed by atoms with van der Waals surface area (Å²) < 4.78 is 11.7. The second-order valence-corrected chi connectivity index (χ2v) is 5.81. The lowest BCUT2D eigenvalue weighted by molar-refractivity contribution is 0.0617. The van der Waals surface area contributed by atoms with E-state index in [1.54, 1.807) is 11.3 Å². The summed E-state index contributed by atoms with van der Waals surface area (Å²) in [6.45, 7) is 2.48. The molecule has 3 rings (SSSR count). The van der Waals surface area contributed by atoms with Gasteiger partial charge in [0.1, 0.15) is 12.7 Å². The summed E-state index contributed by atoms with van der Waals surface area (Å²) in [4.78, 5) is 4.46. The number of fused-ring (bicyclic) bond motifs is 1. The SMILES string of the molecule is Cc1nc(CC(NN)C2COc3ccccc3O2)cs1. The van der Waals surface area contributed by atoms with Crippen LogP contribution in [0.3, 0.4) is 0 Å². The van der Waals surface area contributed by atoms with Gasteiger partial charge in [-0.3, -0.25) is 11.3 Å². The highest BCUT2D eigenvalue weighted by Gasteiger charge is 2.28. The Bertz CT molecular complexity index is 587. The maximum Gasteiger partial charge on any atom is 0.161 e. The molecule has 1 aliphatic rings. The van der Waals surface area contributed by atoms with Gasteiger partial charge in [0, 0.05) is 11.8 Å². The molecular formula is C14H17N3O2S. The Morgan fingerprint density at radius 1 is 1.45 bits per heavy atom. The van der Waals surface area contributed by atoms with Crippen LogP contribution in [0.1, 0.15) is 10.7 Å². The van der Waals surface area contributed by atoms with Crippen molar-refractivity contribution in [2.24, 2.45) is 5.84 Å². The third-order valence-corrected chi connectivity index (χ3v) is 4.11. The number of nitrogens with one attached hydrogen (secondary N) is 1. The summed E-state index contributed by atoms with van der Waals surface area (Å²) in [6, 6.07) is 7.63. The molecule has 2 heterocycles. The van der Waals surface area contributed by atoms with Crippen molar-refractivity contribution in [3.05, 3.63) is 40.3 Å². The number of para-hydroxylation sites is 2. The number of aryl methyl sites for hydroxylation is 1. The highest BCUT2D eigenvalue weighted by atomic mass is 32.1. The highest BCUT2D eigenvalue weighted by Crippen LogP contribution is 2.31. The van der Waals surface area contributed by atoms with Gasteiger partial charge in [0.05, 0.1) is 16.7 Å². The Labute approximate surface area is 121 Å². The Morgan fingerprint density at radius 2 is 2.25 bits per heavy atom. The minimum Gasteiger partial charge on any atom is -0.486 e. The van der Waals surface area contributed by atoms with Crippen molar-refractivity contribution in [1.29, 1.82) is 0 Å². The van der Waals surface area contributed by atoms with Gasteiger partial charge in [-0.15, -0.1) is 11.3 Å². The van der Waals surface area contributed by atoms with Crippen molar-refractivity contribution in [1.82, 2.24) is 10.4 Å². The molecule has 2 aromatic rings. The fraction of sp³-hybridized carbons (Fsp3) is 0.357. The van der Waals surface area contributed by atoms with E-state index in [9.17, 15) is 0 Å². The third-order valence-electron chi connectivity index (χ3n) is 3.29. The second-order valence-electron chi connectivity index (χ2n) is 4.75. The molecule has 2 unspecified atom stereocenters. The van der Waals surface area contributed by atoms with Crippen LogP contribution in [0.4, 0.5) is 0 Å². The first kappa shape index (κ1) is 13.4. The van der Waals surface area contributed by atoms with Crippen LogP contribution in [-0.2, 0) is 6.42 Å². The van der Waals surface area contributed by atoms with Crippen LogP contribution in [0, 0.1) is 6.92 Å². The number of aromatic nitrogens is 1. The van der Waals surface area contributed by atoms with E-state index in [2.05, 4.69) is 15.8 Å². The van der Waals surface area contributed by atoms with E-state index < -0.39 is 0 Å². The van der Waals surface area contributed by atoms with Gasteiger partial charge in [0.2, 0.25) is 0 Å². The first-order chi connectivity index (χ1) is 9.76. The van der Waals surface area contributed by atoms with Crippen LogP contribution in [0.5, 0.6) is 11.5 Å². The van der Waals surface area contributed by atoms with Gasteiger partial charge in [-0.1, -0.05) is 12.1 Å². The van der Waals surface area contributed by atoms with Crippen molar-refractivity contribution >= 4 is 11.3 Å². The number of ether oxygens (including phenoxy) is 2. The van der Waals surface area contributed by atoms with Gasteiger partial charge in [-0.2, -0.15) is 0 Å². The molecule has 106 valence electrons. The first-order valence-corrected chi connectivity index (χ1v) is 7.40. The van der Waals surface area contributed by atoms with Gasteiger partial charge in [-0.25, -0.2) is 4.98 Å². The van der Waals surface area contributed by atoms with Crippen LogP contribution < -0.4 is 20.7 Å². The first-order valence-electron chi connectivity index (χ1n) is 6.52. The molecule has 0 amide bonds. The molecule has 1 aromatic carbocycles. The molecule has 0 saturated heterocycles. The van der Waals surface area contributed by atoms with E-state index in [-0.39, 0.29) is 12.1 Å². The summed E-state index contributed by atoms with van der Waals surface area (Å²) in [5.74, 6) is 7.21. The van der Waals surface area contributed by atoms with E-state index in [0.717, 1.165) is 28.6 Å². The van der Waals surface area contributed by atoms with Crippen LogP contribution in [0.2, 0.25) is 0 Å². The van der Waals surface area contributed by atoms with Crippen LogP contribution >= 0.6 is 11.3 Å². The molecular weight excluding hydrogens is 274 g/mol. The number of rotatable bonds is 4. The van der Waals surface area contributed by atoms with E-state index >= 15 is 0 Å². The zero-order valence-corrected chi connectivity index (χ0v) is 12.0. The lowest BCUT2D eigenvalue weighted by Gasteiger charge is -2.31. The predicted octanol–water partition coefficient (Wildman–Crippen LogP) is 1.67. The summed E-state index contributed by atoms with van der Waals surface area (Å²) >= 11 is 1.64. The maximum atomic E-state index is 5.97. The van der Waals surface area contributed by atoms with Crippen molar-refractivity contribution < 1.29 is 9.47 Å². The van der Waals surface area contributed by atoms with Gasteiger partial charge >= 0.3 is 0 Å². The van der Waals surface area contributed by atoms with Gasteiger partial charge in [-0.05, 0) is 19.1 Å². The fourth-order valence-corrected chi connectivity index (χ4v) is 2.88. The zero-order valence-electron chi connectivity index (χ0n) is 11.2. The van der Waals surface area contributed by atoms with Crippen LogP contribution in [0.25, 0.3) is 0 Å². The molecule has 20 heavy (non-hydrogen) atoms. The lowest BCUT2D eigenvalue weighted by Crippen LogP contribution is -2.51. The number of nitrogens with two attached hydrogens (primary N) is 1. The van der Waals surface area contributed by atoms with Crippen LogP contribution in [-0.4, -0.2) is 23.7 Å². The smallest absolute Gasteiger partial charge is 0.161 e. The average molecular weight is 291 g/mol. The Morgan fingerprint density at radius 3 is 2.95 bits per heavy atom. The molecule has 0 fully saturated rings. The topological polar surface area (TPSA) is 69.4 Å². The summed E-state index contributed by atoms with van der Waals surface area (Å²) in [5, 5.41) is 3.11. The average Bonchev–Trinajstić information content (AvgIpc) is 2.89. The number of hydrogen-bond donors (Lipinski definition) is 2. The fourth-order valence-electron chi connectivity index (χ4n) is 2.26. The summed E-state index contributed by atoms with van der Waals surface area (Å²) in [5.41, 5.74) is 3.85. The molecule has 0 bridgehead atoms. The molecule has 6 heteroatoms.